The van der Waals surface area contributed by atoms with Crippen LogP contribution in [0.3, 0.4) is 0 Å². The Kier molecular flexibility index (Phi) is 4.16. The van der Waals surface area contributed by atoms with Crippen LogP contribution in [-0.4, -0.2) is 23.0 Å². The number of hydrogen-bond acceptors (Lipinski definition) is 3. The standard InChI is InChI=1S/C17H24N2OS/c1-2-21-15-5-3-4-14(15)19-16(20)17(10-11-17)12-6-8-13(18)9-7-12/h6-9,14-15H,2-5,10-11,18H2,1H3,(H,19,20). The summed E-state index contributed by atoms with van der Waals surface area (Å²) in [6.07, 6.45) is 5.51. The van der Waals surface area contributed by atoms with E-state index in [1.165, 1.54) is 12.8 Å². The smallest absolute Gasteiger partial charge is 0.230 e. The average Bonchev–Trinajstić information content (AvgIpc) is 3.18. The largest absolute Gasteiger partial charge is 0.399 e. The van der Waals surface area contributed by atoms with Gasteiger partial charge in [-0.05, 0) is 49.1 Å². The van der Waals surface area contributed by atoms with E-state index in [0.29, 0.717) is 11.3 Å². The lowest BCUT2D eigenvalue weighted by Crippen LogP contribution is -2.44. The molecular formula is C17H24N2OS. The van der Waals surface area contributed by atoms with Crippen molar-refractivity contribution in [2.75, 3.05) is 11.5 Å². The molecule has 0 spiro atoms. The van der Waals surface area contributed by atoms with Crippen LogP contribution < -0.4 is 11.1 Å². The third-order valence-corrected chi connectivity index (χ3v) is 6.12. The highest BCUT2D eigenvalue weighted by Crippen LogP contribution is 2.49. The number of rotatable bonds is 5. The maximum absolute atomic E-state index is 12.8. The van der Waals surface area contributed by atoms with Crippen LogP contribution >= 0.6 is 11.8 Å². The van der Waals surface area contributed by atoms with Crippen LogP contribution in [0.4, 0.5) is 5.69 Å². The molecule has 3 N–H and O–H groups in total. The molecule has 3 nitrogen and oxygen atoms in total. The van der Waals surface area contributed by atoms with Gasteiger partial charge in [0.2, 0.25) is 5.91 Å². The second kappa shape index (κ2) is 5.91. The van der Waals surface area contributed by atoms with Crippen LogP contribution in [0.2, 0.25) is 0 Å². The van der Waals surface area contributed by atoms with Gasteiger partial charge in [0.15, 0.2) is 0 Å². The molecule has 0 heterocycles. The predicted molar refractivity (Wildman–Crippen MR) is 89.5 cm³/mol. The van der Waals surface area contributed by atoms with Crippen molar-refractivity contribution in [2.24, 2.45) is 0 Å². The minimum absolute atomic E-state index is 0.223. The molecule has 2 aliphatic rings. The maximum Gasteiger partial charge on any atom is 0.230 e. The first kappa shape index (κ1) is 14.8. The lowest BCUT2D eigenvalue weighted by atomic mass is 9.94. The second-order valence-corrected chi connectivity index (χ2v) is 7.72. The highest BCUT2D eigenvalue weighted by molar-refractivity contribution is 7.99. The molecule has 1 aromatic rings. The fraction of sp³-hybridized carbons (Fsp3) is 0.588. The molecule has 2 unspecified atom stereocenters. The summed E-state index contributed by atoms with van der Waals surface area (Å²) in [5.41, 5.74) is 7.34. The van der Waals surface area contributed by atoms with E-state index in [1.54, 1.807) is 0 Å². The van der Waals surface area contributed by atoms with Gasteiger partial charge in [0.25, 0.3) is 0 Å². The summed E-state index contributed by atoms with van der Waals surface area (Å²) in [5, 5.41) is 3.94. The normalized spacial score (nSPS) is 26.5. The van der Waals surface area contributed by atoms with E-state index < -0.39 is 0 Å². The van der Waals surface area contributed by atoms with Gasteiger partial charge in [0, 0.05) is 17.0 Å². The first-order chi connectivity index (χ1) is 10.2. The zero-order valence-corrected chi connectivity index (χ0v) is 13.4. The Balaban J connectivity index is 1.69. The minimum atomic E-state index is -0.280. The van der Waals surface area contributed by atoms with E-state index in [2.05, 4.69) is 12.2 Å². The van der Waals surface area contributed by atoms with Crippen molar-refractivity contribution in [1.82, 2.24) is 5.32 Å². The van der Waals surface area contributed by atoms with E-state index in [9.17, 15) is 4.79 Å². The first-order valence-electron chi connectivity index (χ1n) is 7.94. The first-order valence-corrected chi connectivity index (χ1v) is 8.99. The third-order valence-electron chi connectivity index (χ3n) is 4.80. The number of nitrogen functional groups attached to an aromatic ring is 1. The number of carbonyl (C=O) groups excluding carboxylic acids is 1. The topological polar surface area (TPSA) is 55.1 Å². The zero-order valence-electron chi connectivity index (χ0n) is 12.6. The van der Waals surface area contributed by atoms with Crippen LogP contribution in [-0.2, 0) is 10.2 Å². The Morgan fingerprint density at radius 1 is 1.33 bits per heavy atom. The maximum atomic E-state index is 12.8. The number of hydrogen-bond donors (Lipinski definition) is 2. The van der Waals surface area contributed by atoms with Crippen molar-refractivity contribution in [3.63, 3.8) is 0 Å². The van der Waals surface area contributed by atoms with Gasteiger partial charge in [0.05, 0.1) is 5.41 Å². The van der Waals surface area contributed by atoms with Gasteiger partial charge in [-0.3, -0.25) is 4.79 Å². The quantitative estimate of drug-likeness (QED) is 0.822. The van der Waals surface area contributed by atoms with E-state index in [1.807, 2.05) is 36.0 Å². The molecule has 114 valence electrons. The van der Waals surface area contributed by atoms with Crippen molar-refractivity contribution >= 4 is 23.4 Å². The highest BCUT2D eigenvalue weighted by Gasteiger charge is 2.52. The molecule has 3 rings (SSSR count). The van der Waals surface area contributed by atoms with E-state index in [0.717, 1.165) is 36.3 Å². The monoisotopic (exact) mass is 304 g/mol. The molecule has 0 aromatic heterocycles. The Labute approximate surface area is 131 Å². The predicted octanol–water partition coefficient (Wildman–Crippen LogP) is 3.09. The number of anilines is 1. The molecule has 0 radical (unpaired) electrons. The van der Waals surface area contributed by atoms with Crippen LogP contribution in [0.15, 0.2) is 24.3 Å². The summed E-state index contributed by atoms with van der Waals surface area (Å²) in [6, 6.07) is 8.17. The summed E-state index contributed by atoms with van der Waals surface area (Å²) in [4.78, 5) is 12.8. The SMILES string of the molecule is CCSC1CCCC1NC(=O)C1(c2ccc(N)cc2)CC1. The van der Waals surface area contributed by atoms with E-state index >= 15 is 0 Å². The Morgan fingerprint density at radius 3 is 2.67 bits per heavy atom. The fourth-order valence-electron chi connectivity index (χ4n) is 3.39. The summed E-state index contributed by atoms with van der Waals surface area (Å²) >= 11 is 1.99. The van der Waals surface area contributed by atoms with Crippen molar-refractivity contribution in [1.29, 1.82) is 0 Å². The average molecular weight is 304 g/mol. The molecule has 2 atom stereocenters. The van der Waals surface area contributed by atoms with Crippen LogP contribution in [0, 0.1) is 0 Å². The fourth-order valence-corrected chi connectivity index (χ4v) is 4.58. The van der Waals surface area contributed by atoms with E-state index in [-0.39, 0.29) is 11.3 Å². The van der Waals surface area contributed by atoms with Crippen molar-refractivity contribution in [3.05, 3.63) is 29.8 Å². The lowest BCUT2D eigenvalue weighted by Gasteiger charge is -2.24. The summed E-state index contributed by atoms with van der Waals surface area (Å²) in [7, 11) is 0. The van der Waals surface area contributed by atoms with Gasteiger partial charge in [-0.2, -0.15) is 11.8 Å². The van der Waals surface area contributed by atoms with Crippen molar-refractivity contribution in [2.45, 2.75) is 55.7 Å². The highest BCUT2D eigenvalue weighted by atomic mass is 32.2. The minimum Gasteiger partial charge on any atom is -0.399 e. The number of benzene rings is 1. The molecule has 1 aromatic carbocycles. The lowest BCUT2D eigenvalue weighted by molar-refractivity contribution is -0.124. The van der Waals surface area contributed by atoms with Crippen LogP contribution in [0.1, 0.15) is 44.6 Å². The van der Waals surface area contributed by atoms with Gasteiger partial charge < -0.3 is 11.1 Å². The molecule has 1 amide bonds. The van der Waals surface area contributed by atoms with Gasteiger partial charge in [0.1, 0.15) is 0 Å². The number of carbonyl (C=O) groups is 1. The summed E-state index contributed by atoms with van der Waals surface area (Å²) in [5.74, 6) is 1.35. The number of amides is 1. The van der Waals surface area contributed by atoms with Crippen LogP contribution in [0.5, 0.6) is 0 Å². The molecule has 2 saturated carbocycles. The summed E-state index contributed by atoms with van der Waals surface area (Å²) in [6.45, 7) is 2.19. The zero-order chi connectivity index (χ0) is 14.9. The molecular weight excluding hydrogens is 280 g/mol. The number of nitrogens with one attached hydrogen (secondary N) is 1. The molecule has 0 saturated heterocycles. The van der Waals surface area contributed by atoms with Crippen LogP contribution in [0.25, 0.3) is 0 Å². The van der Waals surface area contributed by atoms with E-state index in [4.69, 9.17) is 5.73 Å². The molecule has 2 aliphatic carbocycles. The van der Waals surface area contributed by atoms with Crippen molar-refractivity contribution < 1.29 is 4.79 Å². The Morgan fingerprint density at radius 2 is 2.05 bits per heavy atom. The number of nitrogens with two attached hydrogens (primary N) is 1. The second-order valence-electron chi connectivity index (χ2n) is 6.21. The summed E-state index contributed by atoms with van der Waals surface area (Å²) < 4.78 is 0. The molecule has 0 bridgehead atoms. The van der Waals surface area contributed by atoms with Gasteiger partial charge >= 0.3 is 0 Å². The van der Waals surface area contributed by atoms with Crippen molar-refractivity contribution in [3.8, 4) is 0 Å². The molecule has 4 heteroatoms. The molecule has 21 heavy (non-hydrogen) atoms. The van der Waals surface area contributed by atoms with Gasteiger partial charge in [-0.15, -0.1) is 0 Å². The molecule has 2 fully saturated rings. The van der Waals surface area contributed by atoms with Gasteiger partial charge in [-0.1, -0.05) is 25.5 Å². The molecule has 0 aliphatic heterocycles. The van der Waals surface area contributed by atoms with Gasteiger partial charge in [-0.25, -0.2) is 0 Å². The Bertz CT molecular complexity index is 510. The Hall–Kier alpha value is -1.16. The number of thioether (sulfide) groups is 1. The third kappa shape index (κ3) is 2.91.